The number of ether oxygens (including phenoxy) is 2. The van der Waals surface area contributed by atoms with Gasteiger partial charge in [0.05, 0.1) is 6.61 Å². The number of carboxylic acids is 1. The van der Waals surface area contributed by atoms with Crippen LogP contribution < -0.4 is 9.47 Å². The Kier molecular flexibility index (Phi) is 8.39. The molecular weight excluding hydrogens is 348 g/mol. The summed E-state index contributed by atoms with van der Waals surface area (Å²) in [6, 6.07) is 7.60. The van der Waals surface area contributed by atoms with Gasteiger partial charge >= 0.3 is 5.97 Å². The fourth-order valence-electron chi connectivity index (χ4n) is 3.41. The molecule has 1 heterocycles. The van der Waals surface area contributed by atoms with Crippen LogP contribution in [0, 0.1) is 0 Å². The van der Waals surface area contributed by atoms with Crippen LogP contribution in [0.1, 0.15) is 33.1 Å². The summed E-state index contributed by atoms with van der Waals surface area (Å²) in [5, 5.41) is 9.03. The Bertz CT molecular complexity index is 605. The highest BCUT2D eigenvalue weighted by molar-refractivity contribution is 5.79. The van der Waals surface area contributed by atoms with Crippen LogP contribution in [-0.2, 0) is 9.59 Å². The van der Waals surface area contributed by atoms with Gasteiger partial charge in [-0.05, 0) is 57.0 Å². The van der Waals surface area contributed by atoms with Gasteiger partial charge in [-0.2, -0.15) is 0 Å². The maximum absolute atomic E-state index is 11.8. The van der Waals surface area contributed by atoms with Crippen LogP contribution in [0.3, 0.4) is 0 Å². The third-order valence-corrected chi connectivity index (χ3v) is 4.75. The van der Waals surface area contributed by atoms with E-state index in [0.717, 1.165) is 50.4 Å². The quantitative estimate of drug-likeness (QED) is 0.710. The molecule has 1 aliphatic heterocycles. The van der Waals surface area contributed by atoms with E-state index in [0.29, 0.717) is 13.2 Å². The van der Waals surface area contributed by atoms with E-state index < -0.39 is 5.97 Å². The monoisotopic (exact) mass is 378 g/mol. The lowest BCUT2D eigenvalue weighted by Crippen LogP contribution is -2.42. The van der Waals surface area contributed by atoms with Crippen LogP contribution in [0.15, 0.2) is 24.3 Å². The predicted molar refractivity (Wildman–Crippen MR) is 102 cm³/mol. The van der Waals surface area contributed by atoms with Gasteiger partial charge in [0.15, 0.2) is 0 Å². The molecule has 1 fully saturated rings. The van der Waals surface area contributed by atoms with E-state index in [2.05, 4.69) is 4.90 Å². The van der Waals surface area contributed by atoms with E-state index in [-0.39, 0.29) is 18.5 Å². The van der Waals surface area contributed by atoms with Crippen LogP contribution in [0.4, 0.5) is 0 Å². The van der Waals surface area contributed by atoms with Crippen LogP contribution >= 0.6 is 0 Å². The van der Waals surface area contributed by atoms with Gasteiger partial charge in [-0.3, -0.25) is 14.5 Å². The van der Waals surface area contributed by atoms with Gasteiger partial charge in [-0.15, -0.1) is 0 Å². The number of amides is 1. The second-order valence-corrected chi connectivity index (χ2v) is 6.72. The molecule has 1 unspecified atom stereocenters. The molecule has 1 aromatic rings. The van der Waals surface area contributed by atoms with Crippen LogP contribution in [-0.4, -0.2) is 72.2 Å². The average molecular weight is 378 g/mol. The lowest BCUT2D eigenvalue weighted by Gasteiger charge is -2.29. The highest BCUT2D eigenvalue weighted by Gasteiger charge is 2.25. The zero-order valence-corrected chi connectivity index (χ0v) is 16.2. The lowest BCUT2D eigenvalue weighted by atomic mass is 10.1. The predicted octanol–water partition coefficient (Wildman–Crippen LogP) is 2.25. The third kappa shape index (κ3) is 7.09. The number of benzene rings is 1. The summed E-state index contributed by atoms with van der Waals surface area (Å²) < 4.78 is 11.2. The van der Waals surface area contributed by atoms with Gasteiger partial charge in [0.2, 0.25) is 5.91 Å². The first-order valence-corrected chi connectivity index (χ1v) is 9.56. The number of carbonyl (C=O) groups is 2. The summed E-state index contributed by atoms with van der Waals surface area (Å²) in [7, 11) is 0. The summed E-state index contributed by atoms with van der Waals surface area (Å²) in [4.78, 5) is 26.6. The maximum atomic E-state index is 11.8. The molecule has 0 spiro atoms. The van der Waals surface area contributed by atoms with Crippen LogP contribution in [0.25, 0.3) is 0 Å². The van der Waals surface area contributed by atoms with E-state index in [4.69, 9.17) is 14.6 Å². The molecule has 1 atom stereocenters. The Hall–Kier alpha value is -2.28. The van der Waals surface area contributed by atoms with Crippen molar-refractivity contribution in [1.29, 1.82) is 0 Å². The normalized spacial score (nSPS) is 17.8. The van der Waals surface area contributed by atoms with E-state index in [1.807, 2.05) is 31.2 Å². The number of likely N-dealkylation sites (tertiary alicyclic amines) is 1. The Morgan fingerprint density at radius 3 is 2.41 bits per heavy atom. The molecular formula is C20H30N2O5. The Balaban J connectivity index is 1.77. The number of carbonyl (C=O) groups excluding carboxylic acids is 1. The second kappa shape index (κ2) is 10.8. The molecule has 1 aliphatic rings. The summed E-state index contributed by atoms with van der Waals surface area (Å²) in [6.45, 7) is 6.97. The molecule has 0 saturated carbocycles. The van der Waals surface area contributed by atoms with Gasteiger partial charge in [0.25, 0.3) is 0 Å². The zero-order chi connectivity index (χ0) is 19.6. The SMILES string of the molecule is CCOc1ccc(OCCN2CCCC(N(CC(=O)O)C(C)=O)CC2)cc1. The van der Waals surface area contributed by atoms with Gasteiger partial charge in [0, 0.05) is 26.1 Å². The standard InChI is InChI=1S/C20H30N2O5/c1-3-26-18-6-8-19(9-7-18)27-14-13-21-11-4-5-17(10-12-21)22(16(2)23)15-20(24)25/h6-9,17H,3-5,10-15H2,1-2H3,(H,24,25). The van der Waals surface area contributed by atoms with Gasteiger partial charge in [-0.1, -0.05) is 0 Å². The largest absolute Gasteiger partial charge is 0.494 e. The van der Waals surface area contributed by atoms with Crippen molar-refractivity contribution in [3.8, 4) is 11.5 Å². The molecule has 1 saturated heterocycles. The van der Waals surface area contributed by atoms with E-state index in [1.54, 1.807) is 0 Å². The van der Waals surface area contributed by atoms with Gasteiger partial charge in [-0.25, -0.2) is 0 Å². The molecule has 0 aliphatic carbocycles. The molecule has 7 nitrogen and oxygen atoms in total. The fraction of sp³-hybridized carbons (Fsp3) is 0.600. The Labute approximate surface area is 160 Å². The first kappa shape index (κ1) is 21.0. The number of rotatable bonds is 9. The summed E-state index contributed by atoms with van der Waals surface area (Å²) in [5.41, 5.74) is 0. The van der Waals surface area contributed by atoms with Crippen molar-refractivity contribution in [2.75, 3.05) is 39.4 Å². The van der Waals surface area contributed by atoms with Crippen LogP contribution in [0.5, 0.6) is 11.5 Å². The molecule has 1 amide bonds. The molecule has 2 rings (SSSR count). The summed E-state index contributed by atoms with van der Waals surface area (Å²) >= 11 is 0. The number of carboxylic acid groups (broad SMARTS) is 1. The van der Waals surface area contributed by atoms with Crippen molar-refractivity contribution in [2.24, 2.45) is 0 Å². The fourth-order valence-corrected chi connectivity index (χ4v) is 3.41. The van der Waals surface area contributed by atoms with Gasteiger partial charge in [0.1, 0.15) is 24.7 Å². The molecule has 1 N–H and O–H groups in total. The maximum Gasteiger partial charge on any atom is 0.323 e. The molecule has 0 aromatic heterocycles. The molecule has 1 aromatic carbocycles. The van der Waals surface area contributed by atoms with Gasteiger partial charge < -0.3 is 19.5 Å². The molecule has 27 heavy (non-hydrogen) atoms. The van der Waals surface area contributed by atoms with Crippen molar-refractivity contribution >= 4 is 11.9 Å². The van der Waals surface area contributed by atoms with Crippen molar-refractivity contribution in [1.82, 2.24) is 9.80 Å². The number of hydrogen-bond acceptors (Lipinski definition) is 5. The molecule has 150 valence electrons. The topological polar surface area (TPSA) is 79.3 Å². The smallest absolute Gasteiger partial charge is 0.323 e. The summed E-state index contributed by atoms with van der Waals surface area (Å²) in [5.74, 6) is 0.514. The third-order valence-electron chi connectivity index (χ3n) is 4.75. The number of nitrogens with zero attached hydrogens (tertiary/aromatic N) is 2. The minimum absolute atomic E-state index is 0.00405. The van der Waals surface area contributed by atoms with Crippen molar-refractivity contribution in [3.05, 3.63) is 24.3 Å². The first-order valence-electron chi connectivity index (χ1n) is 9.56. The Morgan fingerprint density at radius 1 is 1.15 bits per heavy atom. The first-order chi connectivity index (χ1) is 13.0. The molecule has 7 heteroatoms. The molecule has 0 radical (unpaired) electrons. The van der Waals surface area contributed by atoms with Crippen molar-refractivity contribution in [2.45, 2.75) is 39.2 Å². The van der Waals surface area contributed by atoms with Crippen LogP contribution in [0.2, 0.25) is 0 Å². The zero-order valence-electron chi connectivity index (χ0n) is 16.2. The Morgan fingerprint density at radius 2 is 1.81 bits per heavy atom. The summed E-state index contributed by atoms with van der Waals surface area (Å²) in [6.07, 6.45) is 2.57. The number of hydrogen-bond donors (Lipinski definition) is 1. The van der Waals surface area contributed by atoms with E-state index in [9.17, 15) is 9.59 Å². The minimum atomic E-state index is -0.963. The lowest BCUT2D eigenvalue weighted by molar-refractivity contribution is -0.145. The average Bonchev–Trinajstić information content (AvgIpc) is 2.87. The van der Waals surface area contributed by atoms with E-state index in [1.165, 1.54) is 11.8 Å². The highest BCUT2D eigenvalue weighted by Crippen LogP contribution is 2.19. The van der Waals surface area contributed by atoms with Crippen molar-refractivity contribution in [3.63, 3.8) is 0 Å². The second-order valence-electron chi connectivity index (χ2n) is 6.72. The molecule has 0 bridgehead atoms. The minimum Gasteiger partial charge on any atom is -0.494 e. The van der Waals surface area contributed by atoms with E-state index >= 15 is 0 Å². The van der Waals surface area contributed by atoms with Crippen molar-refractivity contribution < 1.29 is 24.2 Å². The number of aliphatic carboxylic acids is 1. The highest BCUT2D eigenvalue weighted by atomic mass is 16.5.